The summed E-state index contributed by atoms with van der Waals surface area (Å²) in [6.07, 6.45) is 6.37. The molecule has 1 aliphatic rings. The van der Waals surface area contributed by atoms with Crippen molar-refractivity contribution < 1.29 is 23.5 Å². The summed E-state index contributed by atoms with van der Waals surface area (Å²) in [7, 11) is 2.06. The molecule has 8 heteroatoms. The number of ether oxygens (including phenoxy) is 2. The van der Waals surface area contributed by atoms with Gasteiger partial charge in [-0.1, -0.05) is 27.2 Å². The van der Waals surface area contributed by atoms with Crippen molar-refractivity contribution in [2.24, 2.45) is 0 Å². The summed E-state index contributed by atoms with van der Waals surface area (Å²) in [5.41, 5.74) is -0.463. The van der Waals surface area contributed by atoms with Gasteiger partial charge >= 0.3 is 6.09 Å². The molecule has 6 nitrogen and oxygen atoms in total. The monoisotopic (exact) mass is 528 g/mol. The molecule has 0 atom stereocenters. The fourth-order valence-electron chi connectivity index (χ4n) is 3.47. The number of unbranched alkanes of at least 4 members (excludes halogenated alkanes) is 1. The highest BCUT2D eigenvalue weighted by atomic mass is 32.2. The lowest BCUT2D eigenvalue weighted by Crippen LogP contribution is -2.47. The minimum atomic E-state index is -0.463. The second kappa shape index (κ2) is 18.4. The molecule has 0 bridgehead atoms. The van der Waals surface area contributed by atoms with Crippen LogP contribution in [0, 0.1) is 5.82 Å². The number of nitrogens with zero attached hydrogens (tertiary/aromatic N) is 2. The largest absolute Gasteiger partial charge is 0.492 e. The first-order valence-corrected chi connectivity index (χ1v) is 14.3. The van der Waals surface area contributed by atoms with Crippen LogP contribution < -0.4 is 4.74 Å². The summed E-state index contributed by atoms with van der Waals surface area (Å²) in [5, 5.41) is 0. The minimum absolute atomic E-state index is 0.234. The summed E-state index contributed by atoms with van der Waals surface area (Å²) in [6.45, 7) is 16.0. The van der Waals surface area contributed by atoms with Crippen LogP contribution in [0.15, 0.2) is 23.1 Å². The molecule has 1 aromatic rings. The average molecular weight is 529 g/mol. The highest BCUT2D eigenvalue weighted by Crippen LogP contribution is 2.24. The zero-order valence-corrected chi connectivity index (χ0v) is 24.8. The third-order valence-corrected chi connectivity index (χ3v) is 6.23. The Labute approximate surface area is 223 Å². The summed E-state index contributed by atoms with van der Waals surface area (Å²) in [5.74, 6) is 0.614. The van der Waals surface area contributed by atoms with Crippen LogP contribution in [-0.2, 0) is 9.53 Å². The Bertz CT molecular complexity index is 762. The fraction of sp³-hybridized carbons (Fsp3) is 0.714. The van der Waals surface area contributed by atoms with Gasteiger partial charge in [0, 0.05) is 43.1 Å². The van der Waals surface area contributed by atoms with Gasteiger partial charge in [-0.3, -0.25) is 4.90 Å². The van der Waals surface area contributed by atoms with E-state index in [-0.39, 0.29) is 11.9 Å². The number of piperidine rings is 1. The van der Waals surface area contributed by atoms with Crippen LogP contribution in [0.2, 0.25) is 0 Å². The van der Waals surface area contributed by atoms with Crippen molar-refractivity contribution in [2.45, 2.75) is 97.1 Å². The molecule has 0 N–H and O–H groups in total. The Kier molecular flexibility index (Phi) is 17.5. The maximum atomic E-state index is 13.8. The quantitative estimate of drug-likeness (QED) is 0.320. The molecule has 208 valence electrons. The number of hydrogen-bond donors (Lipinski definition) is 0. The van der Waals surface area contributed by atoms with E-state index < -0.39 is 5.60 Å². The van der Waals surface area contributed by atoms with Crippen LogP contribution in [0.5, 0.6) is 5.75 Å². The third-order valence-electron chi connectivity index (χ3n) is 5.46. The molecular formula is C28H49FN2O4S. The molecule has 0 spiro atoms. The Hall–Kier alpha value is -1.80. The van der Waals surface area contributed by atoms with Crippen LogP contribution in [0.3, 0.4) is 0 Å². The number of benzene rings is 1. The van der Waals surface area contributed by atoms with Crippen molar-refractivity contribution in [1.29, 1.82) is 0 Å². The fourth-order valence-corrected chi connectivity index (χ4v) is 3.93. The van der Waals surface area contributed by atoms with E-state index >= 15 is 0 Å². The summed E-state index contributed by atoms with van der Waals surface area (Å²) >= 11 is 1.38. The van der Waals surface area contributed by atoms with Crippen LogP contribution in [-0.4, -0.2) is 72.9 Å². The summed E-state index contributed by atoms with van der Waals surface area (Å²) in [6, 6.07) is 5.38. The minimum Gasteiger partial charge on any atom is -0.492 e. The van der Waals surface area contributed by atoms with Gasteiger partial charge in [0.2, 0.25) is 0 Å². The van der Waals surface area contributed by atoms with E-state index in [4.69, 9.17) is 9.47 Å². The van der Waals surface area contributed by atoms with Crippen molar-refractivity contribution in [3.63, 3.8) is 0 Å². The maximum absolute atomic E-state index is 13.8. The topological polar surface area (TPSA) is 59.1 Å². The first kappa shape index (κ1) is 34.2. The number of rotatable bonds is 9. The highest BCUT2D eigenvalue weighted by molar-refractivity contribution is 7.98. The third kappa shape index (κ3) is 14.7. The zero-order valence-electron chi connectivity index (χ0n) is 24.0. The van der Waals surface area contributed by atoms with E-state index in [1.807, 2.05) is 40.9 Å². The normalized spacial score (nSPS) is 13.8. The predicted octanol–water partition coefficient (Wildman–Crippen LogP) is 7.05. The van der Waals surface area contributed by atoms with Crippen molar-refractivity contribution >= 4 is 23.6 Å². The van der Waals surface area contributed by atoms with Crippen LogP contribution in [0.1, 0.15) is 80.6 Å². The smallest absolute Gasteiger partial charge is 0.410 e. The van der Waals surface area contributed by atoms with Gasteiger partial charge < -0.3 is 19.2 Å². The Morgan fingerprint density at radius 3 is 2.25 bits per heavy atom. The van der Waals surface area contributed by atoms with Crippen LogP contribution in [0.4, 0.5) is 9.18 Å². The van der Waals surface area contributed by atoms with Crippen molar-refractivity contribution in [3.05, 3.63) is 24.0 Å². The lowest BCUT2D eigenvalue weighted by atomic mass is 10.0. The highest BCUT2D eigenvalue weighted by Gasteiger charge is 2.28. The summed E-state index contributed by atoms with van der Waals surface area (Å²) < 4.78 is 24.9. The first-order chi connectivity index (χ1) is 17.0. The van der Waals surface area contributed by atoms with E-state index in [1.165, 1.54) is 17.8 Å². The summed E-state index contributed by atoms with van der Waals surface area (Å²) in [4.78, 5) is 27.0. The molecule has 0 aromatic heterocycles. The molecule has 0 unspecified atom stereocenters. The number of halogens is 1. The molecule has 1 aliphatic heterocycles. The van der Waals surface area contributed by atoms with Crippen molar-refractivity contribution in [3.8, 4) is 5.75 Å². The standard InChI is InChI=1S/C20H31FN2O3S.C6H12O.C2H6/c1-20(2,3)26-19(24)23-10-8-15(9-11-23)22(4)12-13-25-16-6-7-18(27-5)17(21)14-16;1-3-4-5-6(2)7;1-2/h6-7,14-15H,8-13H2,1-5H3;3-5H2,1-2H3;1-2H3. The maximum Gasteiger partial charge on any atom is 0.410 e. The Balaban J connectivity index is 0.00000117. The Morgan fingerprint density at radius 2 is 1.81 bits per heavy atom. The molecule has 1 amide bonds. The number of hydrogen-bond acceptors (Lipinski definition) is 6. The van der Waals surface area contributed by atoms with Gasteiger partial charge in [0.15, 0.2) is 0 Å². The lowest BCUT2D eigenvalue weighted by molar-refractivity contribution is -0.117. The number of carbonyl (C=O) groups is 2. The SMILES string of the molecule is CC.CCCCC(C)=O.CSc1ccc(OCCN(C)C2CCN(C(=O)OC(C)(C)C)CC2)cc1F. The molecule has 0 aliphatic carbocycles. The van der Waals surface area contributed by atoms with Gasteiger partial charge in [0.25, 0.3) is 0 Å². The number of likely N-dealkylation sites (tertiary alicyclic amines) is 1. The number of Topliss-reactive ketones (excluding diaryl/α,β-unsaturated/α-hetero) is 1. The number of likely N-dealkylation sites (N-methyl/N-ethyl adjacent to an activating group) is 1. The van der Waals surface area contributed by atoms with E-state index in [2.05, 4.69) is 18.9 Å². The number of amides is 1. The molecule has 1 aromatic carbocycles. The van der Waals surface area contributed by atoms with Crippen LogP contribution >= 0.6 is 11.8 Å². The molecule has 0 radical (unpaired) electrons. The van der Waals surface area contributed by atoms with Gasteiger partial charge in [-0.05, 0) is 72.4 Å². The van der Waals surface area contributed by atoms with Crippen molar-refractivity contribution in [1.82, 2.24) is 9.80 Å². The van der Waals surface area contributed by atoms with E-state index in [9.17, 15) is 14.0 Å². The second-order valence-electron chi connectivity index (χ2n) is 9.63. The molecule has 1 heterocycles. The van der Waals surface area contributed by atoms with Crippen LogP contribution in [0.25, 0.3) is 0 Å². The van der Waals surface area contributed by atoms with E-state index in [0.29, 0.717) is 42.2 Å². The molecular weight excluding hydrogens is 479 g/mol. The predicted molar refractivity (Wildman–Crippen MR) is 149 cm³/mol. The first-order valence-electron chi connectivity index (χ1n) is 13.1. The number of carbonyl (C=O) groups excluding carboxylic acids is 2. The Morgan fingerprint density at radius 1 is 1.19 bits per heavy atom. The molecule has 2 rings (SSSR count). The molecule has 1 fully saturated rings. The van der Waals surface area contributed by atoms with Gasteiger partial charge in [0.1, 0.15) is 29.6 Å². The lowest BCUT2D eigenvalue weighted by Gasteiger charge is -2.37. The molecule has 0 saturated carbocycles. The van der Waals surface area contributed by atoms with Gasteiger partial charge in [-0.25, -0.2) is 9.18 Å². The second-order valence-corrected chi connectivity index (χ2v) is 10.5. The average Bonchev–Trinajstić information content (AvgIpc) is 2.83. The molecule has 36 heavy (non-hydrogen) atoms. The van der Waals surface area contributed by atoms with E-state index in [0.717, 1.165) is 38.6 Å². The van der Waals surface area contributed by atoms with Gasteiger partial charge in [0.05, 0.1) is 0 Å². The zero-order chi connectivity index (χ0) is 27.7. The van der Waals surface area contributed by atoms with Gasteiger partial charge in [-0.2, -0.15) is 0 Å². The molecule has 1 saturated heterocycles. The number of thioether (sulfide) groups is 1. The van der Waals surface area contributed by atoms with Gasteiger partial charge in [-0.15, -0.1) is 11.8 Å². The number of ketones is 1. The van der Waals surface area contributed by atoms with E-state index in [1.54, 1.807) is 24.0 Å². The van der Waals surface area contributed by atoms with Crippen molar-refractivity contribution in [2.75, 3.05) is 39.5 Å².